The average molecular weight is 304 g/mol. The quantitative estimate of drug-likeness (QED) is 0.262. The molecule has 20 heavy (non-hydrogen) atoms. The van der Waals surface area contributed by atoms with E-state index in [1.54, 1.807) is 0 Å². The summed E-state index contributed by atoms with van der Waals surface area (Å²) >= 11 is 0. The van der Waals surface area contributed by atoms with Crippen LogP contribution in [-0.4, -0.2) is 71.6 Å². The molecule has 0 rings (SSSR count). The van der Waals surface area contributed by atoms with Crippen LogP contribution in [0.5, 0.6) is 0 Å². The number of rotatable bonds is 2. The molecule has 0 aliphatic heterocycles. The van der Waals surface area contributed by atoms with E-state index in [4.69, 9.17) is 40.2 Å². The lowest BCUT2D eigenvalue weighted by molar-refractivity contribution is -0.359. The molecule has 0 amide bonds. The van der Waals surface area contributed by atoms with Gasteiger partial charge in [0.15, 0.2) is 13.1 Å². The number of carboxylic acid groups (broad SMARTS) is 4. The maximum atomic E-state index is 9.31. The highest BCUT2D eigenvalue weighted by molar-refractivity contribution is 6.25. The minimum Gasteiger partial charge on any atom is -0.543 e. The third-order valence-electron chi connectivity index (χ3n) is 0.594. The highest BCUT2D eigenvalue weighted by Gasteiger charge is 1.85. The van der Waals surface area contributed by atoms with Crippen LogP contribution in [0, 0.1) is 0 Å². The normalized spacial score (nSPS) is 6.50. The zero-order valence-corrected chi connectivity index (χ0v) is 11.1. The maximum absolute atomic E-state index is 9.31. The van der Waals surface area contributed by atoms with Gasteiger partial charge in [0.2, 0.25) is 0 Å². The van der Waals surface area contributed by atoms with Gasteiger partial charge in [0.1, 0.15) is 0 Å². The third kappa shape index (κ3) is 104. The molecule has 0 bridgehead atoms. The summed E-state index contributed by atoms with van der Waals surface area (Å²) in [6, 6.07) is 0. The number of hydrogen-bond acceptors (Lipinski definition) is 8. The van der Waals surface area contributed by atoms with E-state index in [1.165, 1.54) is 0 Å². The lowest BCUT2D eigenvalue weighted by Gasteiger charge is -1.97. The van der Waals surface area contributed by atoms with Gasteiger partial charge in [-0.2, -0.15) is 0 Å². The molecule has 10 N–H and O–H groups in total. The van der Waals surface area contributed by atoms with Gasteiger partial charge >= 0.3 is 11.9 Å². The highest BCUT2D eigenvalue weighted by Crippen LogP contribution is 1.41. The Morgan fingerprint density at radius 2 is 0.850 bits per heavy atom. The van der Waals surface area contributed by atoms with Crippen molar-refractivity contribution in [3.05, 3.63) is 0 Å². The van der Waals surface area contributed by atoms with Gasteiger partial charge in [-0.05, 0) is 0 Å². The van der Waals surface area contributed by atoms with E-state index in [2.05, 4.69) is 11.5 Å². The minimum absolute atomic E-state index is 0.0278. The summed E-state index contributed by atoms with van der Waals surface area (Å²) < 4.78 is 0. The number of quaternary nitrogens is 2. The number of hydrogen-bond donors (Lipinski definition) is 6. The van der Waals surface area contributed by atoms with Crippen LogP contribution in [0.3, 0.4) is 0 Å². The van der Waals surface area contributed by atoms with Crippen LogP contribution < -0.4 is 21.7 Å². The monoisotopic (exact) mass is 304 g/mol. The van der Waals surface area contributed by atoms with Crippen molar-refractivity contribution in [2.45, 2.75) is 0 Å². The fourth-order valence-corrected chi connectivity index (χ4v) is 0. The molecule has 0 aliphatic carbocycles. The van der Waals surface area contributed by atoms with Crippen molar-refractivity contribution in [3.8, 4) is 0 Å². The molecular formula is C8H20N2O10. The SMILES string of the molecule is CO.CO.O=C([O-])C(=O)[O-].[NH3+]CC(=O)O.[NH3+]CC(=O)O. The van der Waals surface area contributed by atoms with Crippen molar-refractivity contribution in [1.82, 2.24) is 0 Å². The van der Waals surface area contributed by atoms with Gasteiger partial charge in [-0.3, -0.25) is 0 Å². The number of aliphatic carboxylic acids is 4. The average Bonchev–Trinajstić information content (AvgIpc) is 2.44. The number of aliphatic hydroxyl groups excluding tert-OH is 2. The maximum Gasteiger partial charge on any atom is 0.359 e. The molecule has 0 atom stereocenters. The van der Waals surface area contributed by atoms with Gasteiger partial charge in [0, 0.05) is 14.2 Å². The summed E-state index contributed by atoms with van der Waals surface area (Å²) in [5, 5.41) is 47.2. The Labute approximate surface area is 113 Å². The molecule has 0 saturated heterocycles. The molecule has 0 unspecified atom stereocenters. The largest absolute Gasteiger partial charge is 0.543 e. The van der Waals surface area contributed by atoms with Crippen LogP contribution in [0.2, 0.25) is 0 Å². The highest BCUT2D eigenvalue weighted by atomic mass is 16.4. The molecule has 0 radical (unpaired) electrons. The first kappa shape index (κ1) is 30.6. The molecule has 12 heteroatoms. The molecule has 122 valence electrons. The Kier molecular flexibility index (Phi) is 46.0. The topological polar surface area (TPSA) is 251 Å². The van der Waals surface area contributed by atoms with Crippen molar-refractivity contribution in [2.24, 2.45) is 0 Å². The summed E-state index contributed by atoms with van der Waals surface area (Å²) in [6.07, 6.45) is 0. The van der Waals surface area contributed by atoms with E-state index < -0.39 is 23.9 Å². The molecule has 0 fully saturated rings. The first-order chi connectivity index (χ1) is 9.18. The van der Waals surface area contributed by atoms with E-state index in [0.29, 0.717) is 0 Å². The Balaban J connectivity index is -0.0000000501. The lowest BCUT2D eigenvalue weighted by atomic mass is 10.7. The third-order valence-corrected chi connectivity index (χ3v) is 0.594. The van der Waals surface area contributed by atoms with Gasteiger partial charge in [-0.1, -0.05) is 0 Å². The Bertz CT molecular complexity index is 230. The van der Waals surface area contributed by atoms with Crippen molar-refractivity contribution in [3.63, 3.8) is 0 Å². The number of aliphatic hydroxyl groups is 2. The van der Waals surface area contributed by atoms with Crippen LogP contribution in [0.4, 0.5) is 0 Å². The second-order valence-electron chi connectivity index (χ2n) is 1.86. The standard InChI is InChI=1S/2C2H5NO2.C2H2O4.2CH4O/c2*3-1-2(4)5;3-1(4)2(5)6;2*1-2/h2*1,3H2,(H,4,5);(H,3,4)(H,5,6);2*2H,1H3. The van der Waals surface area contributed by atoms with Gasteiger partial charge in [-0.25, -0.2) is 9.59 Å². The summed E-state index contributed by atoms with van der Waals surface area (Å²) in [7, 11) is 2.00. The van der Waals surface area contributed by atoms with E-state index >= 15 is 0 Å². The van der Waals surface area contributed by atoms with Gasteiger partial charge in [-0.15, -0.1) is 0 Å². The second kappa shape index (κ2) is 30.1. The molecule has 0 heterocycles. The minimum atomic E-state index is -2.19. The molecular weight excluding hydrogens is 284 g/mol. The van der Waals surface area contributed by atoms with Crippen LogP contribution >= 0.6 is 0 Å². The summed E-state index contributed by atoms with van der Waals surface area (Å²) in [5.41, 5.74) is 6.17. The number of carbonyl (C=O) groups excluding carboxylic acids is 2. The van der Waals surface area contributed by atoms with Crippen LogP contribution in [0.25, 0.3) is 0 Å². The first-order valence-corrected chi connectivity index (χ1v) is 4.52. The summed E-state index contributed by atoms with van der Waals surface area (Å²) in [5.74, 6) is -6.08. The first-order valence-electron chi connectivity index (χ1n) is 4.52. The Morgan fingerprint density at radius 1 is 0.750 bits per heavy atom. The Morgan fingerprint density at radius 3 is 0.850 bits per heavy atom. The zero-order valence-electron chi connectivity index (χ0n) is 11.1. The molecule has 0 saturated carbocycles. The fourth-order valence-electron chi connectivity index (χ4n) is 0. The lowest BCUT2D eigenvalue weighted by Crippen LogP contribution is -2.54. The van der Waals surface area contributed by atoms with Crippen molar-refractivity contribution in [2.75, 3.05) is 27.3 Å². The van der Waals surface area contributed by atoms with Crippen molar-refractivity contribution >= 4 is 23.9 Å². The molecule has 0 spiro atoms. The molecule has 0 aromatic heterocycles. The van der Waals surface area contributed by atoms with Crippen LogP contribution in [-0.2, 0) is 19.2 Å². The van der Waals surface area contributed by atoms with E-state index in [9.17, 15) is 9.59 Å². The molecule has 12 nitrogen and oxygen atoms in total. The number of carbonyl (C=O) groups is 4. The molecule has 0 aliphatic rings. The van der Waals surface area contributed by atoms with Gasteiger partial charge < -0.3 is 51.7 Å². The second-order valence-corrected chi connectivity index (χ2v) is 1.86. The summed E-state index contributed by atoms with van der Waals surface area (Å²) in [6.45, 7) is -0.0556. The van der Waals surface area contributed by atoms with E-state index in [-0.39, 0.29) is 13.1 Å². The predicted molar refractivity (Wildman–Crippen MR) is 57.1 cm³/mol. The predicted octanol–water partition coefficient (Wildman–Crippen LogP) is -7.67. The molecule has 0 aromatic rings. The van der Waals surface area contributed by atoms with Crippen LogP contribution in [0.15, 0.2) is 0 Å². The van der Waals surface area contributed by atoms with Crippen LogP contribution in [0.1, 0.15) is 0 Å². The van der Waals surface area contributed by atoms with Crippen molar-refractivity contribution in [1.29, 1.82) is 0 Å². The number of carboxylic acids is 4. The van der Waals surface area contributed by atoms with E-state index in [0.717, 1.165) is 14.2 Å². The smallest absolute Gasteiger partial charge is 0.359 e. The van der Waals surface area contributed by atoms with Gasteiger partial charge in [0.05, 0.1) is 11.9 Å². The summed E-state index contributed by atoms with van der Waals surface area (Å²) in [4.78, 5) is 36.5. The van der Waals surface area contributed by atoms with Gasteiger partial charge in [0.25, 0.3) is 0 Å². The molecule has 0 aromatic carbocycles. The Hall–Kier alpha value is -2.28. The van der Waals surface area contributed by atoms with E-state index in [1.807, 2.05) is 0 Å². The zero-order chi connectivity index (χ0) is 17.7. The van der Waals surface area contributed by atoms with Crippen molar-refractivity contribution < 1.29 is 61.3 Å². The fraction of sp³-hybridized carbons (Fsp3) is 0.500.